The number of nitrogen functional groups attached to an aromatic ring is 1. The predicted octanol–water partition coefficient (Wildman–Crippen LogP) is -1.57. The van der Waals surface area contributed by atoms with Crippen LogP contribution in [0.2, 0.25) is 0 Å². The largest absolute Gasteiger partial charge is 0.569 e. The molecule has 1 fully saturated rings. The highest BCUT2D eigenvalue weighted by molar-refractivity contribution is 7.38. The zero-order chi connectivity index (χ0) is 12.4. The number of hydrogen-bond donors (Lipinski definition) is 2. The molecule has 0 saturated carbocycles. The van der Waals surface area contributed by atoms with Gasteiger partial charge in [-0.2, -0.15) is 9.88 Å². The molecule has 1 aromatic rings. The standard InChI is InChI=1S/C8H10N3O5P.H2O/c9-6-1-2-11(7(12)10-6)3-5-4-15-8(16-5)17(13)14;/h1-2,5,8H,3-4H2,(H2-,9,10,12,13,14);1H2/p+1. The maximum Gasteiger partial charge on any atom is 0.569 e. The van der Waals surface area contributed by atoms with Gasteiger partial charge in [-0.05, 0) is 10.6 Å². The van der Waals surface area contributed by atoms with Crippen LogP contribution in [0.5, 0.6) is 0 Å². The van der Waals surface area contributed by atoms with Crippen molar-refractivity contribution in [3.05, 3.63) is 22.7 Å². The molecule has 1 aliphatic heterocycles. The summed E-state index contributed by atoms with van der Waals surface area (Å²) >= 11 is 0. The predicted molar refractivity (Wildman–Crippen MR) is 61.0 cm³/mol. The van der Waals surface area contributed by atoms with E-state index < -0.39 is 25.9 Å². The highest BCUT2D eigenvalue weighted by Gasteiger charge is 2.40. The maximum absolute atomic E-state index is 11.4. The second-order valence-electron chi connectivity index (χ2n) is 3.49. The minimum absolute atomic E-state index is 0. The molecule has 9 nitrogen and oxygen atoms in total. The topological polar surface area (TPSA) is 148 Å². The van der Waals surface area contributed by atoms with Crippen molar-refractivity contribution in [2.45, 2.75) is 18.7 Å². The van der Waals surface area contributed by atoms with Gasteiger partial charge >= 0.3 is 19.7 Å². The molecular formula is C8H13N3O6P+. The summed E-state index contributed by atoms with van der Waals surface area (Å²) < 4.78 is 22.1. The number of anilines is 1. The van der Waals surface area contributed by atoms with E-state index >= 15 is 0 Å². The Balaban J connectivity index is 0.00000162. The van der Waals surface area contributed by atoms with Gasteiger partial charge in [0.25, 0.3) is 0 Å². The maximum atomic E-state index is 11.4. The third kappa shape index (κ3) is 3.31. The number of aromatic nitrogens is 2. The Kier molecular flexibility index (Phi) is 4.88. The molecule has 0 bridgehead atoms. The van der Waals surface area contributed by atoms with Crippen molar-refractivity contribution >= 4 is 13.8 Å². The van der Waals surface area contributed by atoms with Crippen molar-refractivity contribution in [2.24, 2.45) is 0 Å². The van der Waals surface area contributed by atoms with Gasteiger partial charge in [0.2, 0.25) is 0 Å². The van der Waals surface area contributed by atoms with Crippen molar-refractivity contribution in [2.75, 3.05) is 12.3 Å². The lowest BCUT2D eigenvalue weighted by atomic mass is 10.4. The number of rotatable bonds is 3. The van der Waals surface area contributed by atoms with Gasteiger partial charge in [-0.3, -0.25) is 4.57 Å². The number of nitrogens with two attached hydrogens (primary N) is 1. The Morgan fingerprint density at radius 2 is 2.39 bits per heavy atom. The smallest absolute Gasteiger partial charge is 0.412 e. The van der Waals surface area contributed by atoms with Gasteiger partial charge in [0.05, 0.1) is 13.2 Å². The first-order valence-electron chi connectivity index (χ1n) is 4.81. The Bertz CT molecular complexity index is 492. The summed E-state index contributed by atoms with van der Waals surface area (Å²) in [4.78, 5) is 23.8. The van der Waals surface area contributed by atoms with Gasteiger partial charge in [0, 0.05) is 6.20 Å². The summed E-state index contributed by atoms with van der Waals surface area (Å²) in [7, 11) is -2.53. The van der Waals surface area contributed by atoms with E-state index in [9.17, 15) is 9.36 Å². The molecule has 1 aliphatic rings. The van der Waals surface area contributed by atoms with Crippen LogP contribution in [0.3, 0.4) is 0 Å². The average Bonchev–Trinajstić information content (AvgIpc) is 2.71. The van der Waals surface area contributed by atoms with Gasteiger partial charge in [0.15, 0.2) is 0 Å². The van der Waals surface area contributed by atoms with Crippen molar-refractivity contribution in [3.63, 3.8) is 0 Å². The SMILES string of the molecule is Nc1ccn(CC2COC([P+](=O)O)O2)c(=O)n1.O. The molecule has 2 heterocycles. The molecule has 0 aromatic carbocycles. The fourth-order valence-corrected chi connectivity index (χ4v) is 1.93. The second kappa shape index (κ2) is 5.98. The van der Waals surface area contributed by atoms with E-state index in [0.717, 1.165) is 0 Å². The lowest BCUT2D eigenvalue weighted by molar-refractivity contribution is -0.00204. The first-order chi connectivity index (χ1) is 8.06. The Morgan fingerprint density at radius 1 is 1.67 bits per heavy atom. The Morgan fingerprint density at radius 3 is 2.94 bits per heavy atom. The molecular weight excluding hydrogens is 265 g/mol. The first-order valence-corrected chi connectivity index (χ1v) is 6.09. The molecule has 5 N–H and O–H groups in total. The molecule has 0 aliphatic carbocycles. The molecule has 2 rings (SSSR count). The summed E-state index contributed by atoms with van der Waals surface area (Å²) in [6, 6.07) is 0.369. The van der Waals surface area contributed by atoms with E-state index in [4.69, 9.17) is 20.1 Å². The van der Waals surface area contributed by atoms with Crippen LogP contribution in [-0.2, 0) is 20.6 Å². The van der Waals surface area contributed by atoms with E-state index in [1.165, 1.54) is 16.8 Å². The summed E-state index contributed by atoms with van der Waals surface area (Å²) in [5.74, 6) is 0.145. The van der Waals surface area contributed by atoms with E-state index in [1.807, 2.05) is 0 Å². The molecule has 0 spiro atoms. The molecule has 3 unspecified atom stereocenters. The highest BCUT2D eigenvalue weighted by atomic mass is 31.1. The van der Waals surface area contributed by atoms with E-state index in [2.05, 4.69) is 4.98 Å². The normalized spacial score (nSPS) is 23.5. The lowest BCUT2D eigenvalue weighted by Gasteiger charge is -2.08. The highest BCUT2D eigenvalue weighted by Crippen LogP contribution is 2.30. The van der Waals surface area contributed by atoms with Crippen molar-refractivity contribution < 1.29 is 24.4 Å². The van der Waals surface area contributed by atoms with E-state index in [1.54, 1.807) is 0 Å². The van der Waals surface area contributed by atoms with Gasteiger partial charge in [0.1, 0.15) is 11.9 Å². The van der Waals surface area contributed by atoms with Gasteiger partial charge in [-0.15, -0.1) is 0 Å². The second-order valence-corrected chi connectivity index (χ2v) is 4.52. The molecule has 100 valence electrons. The fraction of sp³-hybridized carbons (Fsp3) is 0.500. The quantitative estimate of drug-likeness (QED) is 0.634. The van der Waals surface area contributed by atoms with Crippen LogP contribution in [0.15, 0.2) is 17.1 Å². The Labute approximate surface area is 102 Å². The van der Waals surface area contributed by atoms with Gasteiger partial charge in [-0.1, -0.05) is 0 Å². The van der Waals surface area contributed by atoms with Crippen LogP contribution in [-0.4, -0.2) is 38.7 Å². The summed E-state index contributed by atoms with van der Waals surface area (Å²) in [5.41, 5.74) is 4.85. The molecule has 18 heavy (non-hydrogen) atoms. The molecule has 0 amide bonds. The third-order valence-electron chi connectivity index (χ3n) is 2.21. The van der Waals surface area contributed by atoms with E-state index in [-0.39, 0.29) is 24.4 Å². The van der Waals surface area contributed by atoms with Crippen molar-refractivity contribution in [1.29, 1.82) is 0 Å². The third-order valence-corrected chi connectivity index (χ3v) is 2.84. The summed E-state index contributed by atoms with van der Waals surface area (Å²) in [5, 5.41) is 0. The average molecular weight is 278 g/mol. The van der Waals surface area contributed by atoms with Gasteiger partial charge < -0.3 is 20.7 Å². The molecule has 1 aromatic heterocycles. The number of hydrogen-bond acceptors (Lipinski definition) is 6. The van der Waals surface area contributed by atoms with Crippen LogP contribution in [0.25, 0.3) is 0 Å². The zero-order valence-corrected chi connectivity index (χ0v) is 10.1. The Hall–Kier alpha value is -1.38. The summed E-state index contributed by atoms with van der Waals surface area (Å²) in [6.07, 6.45) is 1.04. The van der Waals surface area contributed by atoms with Gasteiger partial charge in [-0.25, -0.2) is 4.79 Å². The number of ether oxygens (including phenoxy) is 2. The lowest BCUT2D eigenvalue weighted by Crippen LogP contribution is -2.29. The molecule has 10 heteroatoms. The minimum Gasteiger partial charge on any atom is -0.412 e. The molecule has 1 saturated heterocycles. The van der Waals surface area contributed by atoms with Crippen LogP contribution >= 0.6 is 8.03 Å². The van der Waals surface area contributed by atoms with Crippen molar-refractivity contribution in [3.8, 4) is 0 Å². The van der Waals surface area contributed by atoms with Crippen LogP contribution in [0, 0.1) is 0 Å². The first kappa shape index (κ1) is 14.7. The zero-order valence-electron chi connectivity index (χ0n) is 9.22. The number of nitrogens with zero attached hydrogens (tertiary/aromatic N) is 2. The molecule has 3 atom stereocenters. The van der Waals surface area contributed by atoms with Crippen LogP contribution < -0.4 is 11.4 Å². The van der Waals surface area contributed by atoms with Crippen molar-refractivity contribution in [1.82, 2.24) is 9.55 Å². The fourth-order valence-electron chi connectivity index (χ4n) is 1.44. The minimum atomic E-state index is -2.53. The van der Waals surface area contributed by atoms with E-state index in [0.29, 0.717) is 0 Å². The molecule has 0 radical (unpaired) electrons. The van der Waals surface area contributed by atoms with Crippen LogP contribution in [0.1, 0.15) is 0 Å². The summed E-state index contributed by atoms with van der Waals surface area (Å²) in [6.45, 7) is 0.356. The monoisotopic (exact) mass is 278 g/mol. The van der Waals surface area contributed by atoms with Crippen LogP contribution in [0.4, 0.5) is 5.82 Å².